The third-order valence-corrected chi connectivity index (χ3v) is 3.88. The minimum atomic E-state index is -0.486. The van der Waals surface area contributed by atoms with Gasteiger partial charge in [-0.15, -0.1) is 0 Å². The molecule has 0 saturated carbocycles. The third kappa shape index (κ3) is 4.00. The van der Waals surface area contributed by atoms with E-state index in [2.05, 4.69) is 26.5 Å². The lowest BCUT2D eigenvalue weighted by atomic mass is 10.2. The van der Waals surface area contributed by atoms with E-state index in [1.807, 2.05) is 13.0 Å². The Morgan fingerprint density at radius 3 is 2.96 bits per heavy atom. The third-order valence-electron chi connectivity index (χ3n) is 3.38. The lowest BCUT2D eigenvalue weighted by Crippen LogP contribution is -2.16. The van der Waals surface area contributed by atoms with E-state index in [4.69, 9.17) is 9.15 Å². The fourth-order valence-electron chi connectivity index (χ4n) is 2.23. The van der Waals surface area contributed by atoms with Crippen LogP contribution in [0.25, 0.3) is 11.0 Å². The van der Waals surface area contributed by atoms with Crippen LogP contribution in [0.3, 0.4) is 0 Å². The van der Waals surface area contributed by atoms with Gasteiger partial charge in [0.15, 0.2) is 5.76 Å². The Labute approximate surface area is 152 Å². The minimum absolute atomic E-state index is 0.0633. The van der Waals surface area contributed by atoms with Crippen molar-refractivity contribution in [1.29, 1.82) is 0 Å². The Hall–Kier alpha value is -2.80. The van der Waals surface area contributed by atoms with E-state index in [9.17, 15) is 9.90 Å². The molecule has 0 bridgehead atoms. The maximum Gasteiger partial charge on any atom is 0.307 e. The van der Waals surface area contributed by atoms with Gasteiger partial charge in [-0.25, -0.2) is 5.43 Å². The number of fused-ring (bicyclic) bond motifs is 1. The highest BCUT2D eigenvalue weighted by molar-refractivity contribution is 9.10. The van der Waals surface area contributed by atoms with E-state index in [0.717, 1.165) is 9.86 Å². The van der Waals surface area contributed by atoms with Crippen molar-refractivity contribution in [3.05, 3.63) is 58.3 Å². The van der Waals surface area contributed by atoms with Crippen LogP contribution in [0.1, 0.15) is 23.0 Å². The average Bonchev–Trinajstić information content (AvgIpc) is 3.01. The molecule has 2 aromatic carbocycles. The van der Waals surface area contributed by atoms with Crippen LogP contribution in [0.4, 0.5) is 0 Å². The van der Waals surface area contributed by atoms with Gasteiger partial charge in [-0.05, 0) is 49.4 Å². The van der Waals surface area contributed by atoms with Crippen LogP contribution in [0.2, 0.25) is 0 Å². The van der Waals surface area contributed by atoms with E-state index < -0.39 is 5.91 Å². The molecule has 7 heteroatoms. The lowest BCUT2D eigenvalue weighted by molar-refractivity contribution is 0.0929. The highest BCUT2D eigenvalue weighted by Crippen LogP contribution is 2.24. The van der Waals surface area contributed by atoms with E-state index in [1.54, 1.807) is 30.3 Å². The number of phenolic OH excluding ortho intramolecular Hbond substituents is 1. The number of furan rings is 1. The standard InChI is InChI=1S/C18H15BrN2O4/c1-2-24-14-4-6-16-11(8-14)9-17(25-16)18(23)21-20-10-12-7-13(19)3-5-15(12)22/h3-10,22H,2H2,1H3,(H,21,23)/b20-10+. The van der Waals surface area contributed by atoms with Crippen molar-refractivity contribution in [3.8, 4) is 11.5 Å². The number of nitrogens with one attached hydrogen (secondary N) is 1. The summed E-state index contributed by atoms with van der Waals surface area (Å²) >= 11 is 3.30. The Morgan fingerprint density at radius 2 is 2.16 bits per heavy atom. The predicted octanol–water partition coefficient (Wildman–Crippen LogP) is 4.06. The number of hydrogen-bond donors (Lipinski definition) is 2. The number of hydrazone groups is 1. The molecule has 0 radical (unpaired) electrons. The largest absolute Gasteiger partial charge is 0.507 e. The van der Waals surface area contributed by atoms with E-state index >= 15 is 0 Å². The Balaban J connectivity index is 1.73. The van der Waals surface area contributed by atoms with Crippen molar-refractivity contribution < 1.29 is 19.1 Å². The molecule has 1 heterocycles. The zero-order valence-electron chi connectivity index (χ0n) is 13.3. The van der Waals surface area contributed by atoms with Crippen molar-refractivity contribution >= 4 is 39.0 Å². The molecule has 3 aromatic rings. The first-order valence-corrected chi connectivity index (χ1v) is 8.34. The molecule has 0 unspecified atom stereocenters. The molecule has 0 atom stereocenters. The van der Waals surface area contributed by atoms with Gasteiger partial charge in [-0.3, -0.25) is 4.79 Å². The quantitative estimate of drug-likeness (QED) is 0.497. The zero-order valence-corrected chi connectivity index (χ0v) is 14.9. The summed E-state index contributed by atoms with van der Waals surface area (Å²) in [6.45, 7) is 2.47. The van der Waals surface area contributed by atoms with Crippen LogP contribution in [-0.4, -0.2) is 23.8 Å². The van der Waals surface area contributed by atoms with Crippen LogP contribution in [-0.2, 0) is 0 Å². The monoisotopic (exact) mass is 402 g/mol. The number of halogens is 1. The summed E-state index contributed by atoms with van der Waals surface area (Å²) in [6, 6.07) is 11.9. The van der Waals surface area contributed by atoms with Crippen molar-refractivity contribution in [1.82, 2.24) is 5.43 Å². The van der Waals surface area contributed by atoms with E-state index in [1.165, 1.54) is 12.3 Å². The second kappa shape index (κ2) is 7.40. The molecule has 0 aliphatic heterocycles. The highest BCUT2D eigenvalue weighted by Gasteiger charge is 2.12. The Kier molecular flexibility index (Phi) is 5.04. The molecule has 0 saturated heterocycles. The highest BCUT2D eigenvalue weighted by atomic mass is 79.9. The van der Waals surface area contributed by atoms with Crippen molar-refractivity contribution in [2.24, 2.45) is 5.10 Å². The number of phenols is 1. The summed E-state index contributed by atoms with van der Waals surface area (Å²) in [5, 5.41) is 14.3. The second-order valence-corrected chi connectivity index (χ2v) is 6.06. The Bertz CT molecular complexity index is 949. The van der Waals surface area contributed by atoms with Gasteiger partial charge in [-0.2, -0.15) is 5.10 Å². The number of hydrogen-bond acceptors (Lipinski definition) is 5. The molecule has 1 aromatic heterocycles. The van der Waals surface area contributed by atoms with Crippen molar-refractivity contribution in [2.45, 2.75) is 6.92 Å². The molecule has 6 nitrogen and oxygen atoms in total. The summed E-state index contributed by atoms with van der Waals surface area (Å²) in [7, 11) is 0. The molecular weight excluding hydrogens is 388 g/mol. The van der Waals surface area contributed by atoms with Gasteiger partial charge < -0.3 is 14.3 Å². The van der Waals surface area contributed by atoms with Crippen molar-refractivity contribution in [2.75, 3.05) is 6.61 Å². The predicted molar refractivity (Wildman–Crippen MR) is 98.3 cm³/mol. The van der Waals surface area contributed by atoms with Crippen LogP contribution in [0.5, 0.6) is 11.5 Å². The fraction of sp³-hybridized carbons (Fsp3) is 0.111. The maximum atomic E-state index is 12.1. The van der Waals surface area contributed by atoms with Crippen LogP contribution < -0.4 is 10.2 Å². The van der Waals surface area contributed by atoms with Gasteiger partial charge in [0, 0.05) is 15.4 Å². The fourth-order valence-corrected chi connectivity index (χ4v) is 2.61. The smallest absolute Gasteiger partial charge is 0.307 e. The number of amides is 1. The van der Waals surface area contributed by atoms with Crippen molar-refractivity contribution in [3.63, 3.8) is 0 Å². The number of rotatable bonds is 5. The molecule has 0 aliphatic carbocycles. The van der Waals surface area contributed by atoms with Gasteiger partial charge >= 0.3 is 5.91 Å². The SMILES string of the molecule is CCOc1ccc2oc(C(=O)N/N=C/c3cc(Br)ccc3O)cc2c1. The maximum absolute atomic E-state index is 12.1. The summed E-state index contributed by atoms with van der Waals surface area (Å²) in [5.74, 6) is 0.429. The number of carbonyl (C=O) groups excluding carboxylic acids is 1. The number of benzene rings is 2. The molecule has 0 fully saturated rings. The molecule has 1 amide bonds. The zero-order chi connectivity index (χ0) is 17.8. The lowest BCUT2D eigenvalue weighted by Gasteiger charge is -2.00. The second-order valence-electron chi connectivity index (χ2n) is 5.15. The normalized spacial score (nSPS) is 11.1. The first-order valence-electron chi connectivity index (χ1n) is 7.55. The molecule has 3 rings (SSSR count). The molecular formula is C18H15BrN2O4. The molecule has 2 N–H and O–H groups in total. The van der Waals surface area contributed by atoms with Gasteiger partial charge in [0.2, 0.25) is 0 Å². The first-order chi connectivity index (χ1) is 12.1. The van der Waals surface area contributed by atoms with Gasteiger partial charge in [0.05, 0.1) is 12.8 Å². The number of ether oxygens (including phenoxy) is 1. The average molecular weight is 403 g/mol. The van der Waals surface area contributed by atoms with Crippen LogP contribution >= 0.6 is 15.9 Å². The molecule has 0 spiro atoms. The van der Waals surface area contributed by atoms with Gasteiger partial charge in [-0.1, -0.05) is 15.9 Å². The first kappa shape index (κ1) is 17.0. The van der Waals surface area contributed by atoms with Crippen LogP contribution in [0.15, 0.2) is 56.5 Å². The Morgan fingerprint density at radius 1 is 1.32 bits per heavy atom. The summed E-state index contributed by atoms with van der Waals surface area (Å²) in [6.07, 6.45) is 1.36. The number of nitrogens with zero attached hydrogens (tertiary/aromatic N) is 1. The summed E-state index contributed by atoms with van der Waals surface area (Å²) < 4.78 is 11.7. The molecule has 25 heavy (non-hydrogen) atoms. The summed E-state index contributed by atoms with van der Waals surface area (Å²) in [4.78, 5) is 12.1. The number of aromatic hydroxyl groups is 1. The topological polar surface area (TPSA) is 84.1 Å². The minimum Gasteiger partial charge on any atom is -0.507 e. The van der Waals surface area contributed by atoms with Gasteiger partial charge in [0.25, 0.3) is 0 Å². The van der Waals surface area contributed by atoms with E-state index in [0.29, 0.717) is 23.5 Å². The number of carbonyl (C=O) groups is 1. The summed E-state index contributed by atoms with van der Waals surface area (Å²) in [5.41, 5.74) is 3.43. The molecule has 0 aliphatic rings. The van der Waals surface area contributed by atoms with Crippen LogP contribution in [0, 0.1) is 0 Å². The van der Waals surface area contributed by atoms with E-state index in [-0.39, 0.29) is 11.5 Å². The van der Waals surface area contributed by atoms with Gasteiger partial charge in [0.1, 0.15) is 17.1 Å². The molecule has 128 valence electrons.